The first-order valence-corrected chi connectivity index (χ1v) is 15.7. The number of unbranched alkanes of at least 4 members (excludes halogenated alkanes) is 2. The second-order valence-electron chi connectivity index (χ2n) is 12.9. The maximum absolute atomic E-state index is 13.9. The molecule has 0 aliphatic carbocycles. The number of carbonyl (C=O) groups is 2. The molecule has 3 aliphatic heterocycles. The minimum atomic E-state index is -0.892. The summed E-state index contributed by atoms with van der Waals surface area (Å²) in [4.78, 5) is 33.2. The number of benzene rings is 1. The van der Waals surface area contributed by atoms with Crippen molar-refractivity contribution in [2.45, 2.75) is 71.1 Å². The van der Waals surface area contributed by atoms with E-state index in [0.717, 1.165) is 37.8 Å². The summed E-state index contributed by atoms with van der Waals surface area (Å²) in [6.45, 7) is 10.3. The molecule has 242 valence electrons. The van der Waals surface area contributed by atoms with Gasteiger partial charge in [-0.05, 0) is 64.0 Å². The lowest BCUT2D eigenvalue weighted by Crippen LogP contribution is -2.47. The highest BCUT2D eigenvalue weighted by Gasteiger charge is 2.51. The number of likely N-dealkylation sites (tertiary alicyclic amines) is 1. The maximum atomic E-state index is 13.9. The first kappa shape index (κ1) is 33.3. The maximum Gasteiger partial charge on any atom is 0.308 e. The second kappa shape index (κ2) is 14.9. The van der Waals surface area contributed by atoms with Gasteiger partial charge in [0.2, 0.25) is 18.4 Å². The van der Waals surface area contributed by atoms with E-state index < -0.39 is 29.6 Å². The molecule has 0 spiro atoms. The van der Waals surface area contributed by atoms with Crippen LogP contribution >= 0.6 is 0 Å². The van der Waals surface area contributed by atoms with Crippen LogP contribution in [-0.4, -0.2) is 118 Å². The smallest absolute Gasteiger partial charge is 0.308 e. The zero-order valence-corrected chi connectivity index (χ0v) is 26.8. The van der Waals surface area contributed by atoms with Crippen LogP contribution in [0, 0.1) is 11.3 Å². The van der Waals surface area contributed by atoms with Crippen molar-refractivity contribution in [2.24, 2.45) is 11.3 Å². The molecular formula is C32H51N3O8. The summed E-state index contributed by atoms with van der Waals surface area (Å²) in [5.41, 5.74) is 0.331. The molecule has 3 heterocycles. The Balaban J connectivity index is 1.62. The Morgan fingerprint density at radius 1 is 1.07 bits per heavy atom. The van der Waals surface area contributed by atoms with E-state index in [9.17, 15) is 14.7 Å². The third kappa shape index (κ3) is 8.12. The minimum absolute atomic E-state index is 0.0440. The van der Waals surface area contributed by atoms with Crippen molar-refractivity contribution in [3.05, 3.63) is 17.7 Å². The minimum Gasteiger partial charge on any atom is -0.493 e. The van der Waals surface area contributed by atoms with E-state index in [1.807, 2.05) is 17.0 Å². The van der Waals surface area contributed by atoms with E-state index in [-0.39, 0.29) is 25.2 Å². The van der Waals surface area contributed by atoms with E-state index >= 15 is 0 Å². The summed E-state index contributed by atoms with van der Waals surface area (Å²) < 4.78 is 28.6. The van der Waals surface area contributed by atoms with E-state index in [2.05, 4.69) is 44.7 Å². The highest BCUT2D eigenvalue weighted by atomic mass is 16.7. The summed E-state index contributed by atoms with van der Waals surface area (Å²) in [5.74, 6) is -0.415. The number of rotatable bonds is 16. The molecule has 0 saturated carbocycles. The summed E-state index contributed by atoms with van der Waals surface area (Å²) in [6, 6.07) is 3.30. The molecule has 1 amide bonds. The number of nitrogens with zero attached hydrogens (tertiary/aromatic N) is 3. The fraction of sp³-hybridized carbons (Fsp3) is 0.750. The molecule has 1 aromatic carbocycles. The lowest BCUT2D eigenvalue weighted by Gasteiger charge is -2.37. The van der Waals surface area contributed by atoms with Gasteiger partial charge in [-0.2, -0.15) is 0 Å². The van der Waals surface area contributed by atoms with Crippen LogP contribution in [0.25, 0.3) is 0 Å². The number of fused-ring (bicyclic) bond motifs is 1. The number of carboxylic acids is 1. The highest BCUT2D eigenvalue weighted by Crippen LogP contribution is 2.48. The number of amides is 1. The van der Waals surface area contributed by atoms with Gasteiger partial charge in [-0.1, -0.05) is 27.2 Å². The zero-order valence-electron chi connectivity index (χ0n) is 26.8. The molecule has 4 rings (SSSR count). The average Bonchev–Trinajstić information content (AvgIpc) is 3.73. The largest absolute Gasteiger partial charge is 0.493 e. The predicted octanol–water partition coefficient (Wildman–Crippen LogP) is 3.65. The standard InChI is InChI=1S/C32H51N3O8/c1-7-8-12-34(13-10-9-11-33(4)5)27(36)20-35-19-23(22-16-25(39-6)29-26(17-22)42-21-43-29)28(30(37)38)24(35)18-32(2,3)31-40-14-15-41-31/h16-17,23-24,28,31H,7-15,18-21H2,1-6H3,(H,37,38)/t23-,24-,28+/m1/s1. The lowest BCUT2D eigenvalue weighted by atomic mass is 9.77. The van der Waals surface area contributed by atoms with Crippen LogP contribution in [0.1, 0.15) is 64.4 Å². The number of carboxylic acid groups (broad SMARTS) is 1. The first-order valence-electron chi connectivity index (χ1n) is 15.7. The van der Waals surface area contributed by atoms with Crippen molar-refractivity contribution in [3.63, 3.8) is 0 Å². The molecule has 43 heavy (non-hydrogen) atoms. The lowest BCUT2D eigenvalue weighted by molar-refractivity contribution is -0.148. The molecule has 0 unspecified atom stereocenters. The van der Waals surface area contributed by atoms with Crippen LogP contribution in [0.5, 0.6) is 17.2 Å². The van der Waals surface area contributed by atoms with Gasteiger partial charge in [0, 0.05) is 37.0 Å². The summed E-state index contributed by atoms with van der Waals surface area (Å²) in [6.07, 6.45) is 3.94. The highest BCUT2D eigenvalue weighted by molar-refractivity contribution is 5.79. The van der Waals surface area contributed by atoms with Crippen LogP contribution in [0.2, 0.25) is 0 Å². The van der Waals surface area contributed by atoms with Gasteiger partial charge in [-0.3, -0.25) is 14.5 Å². The Morgan fingerprint density at radius 3 is 2.42 bits per heavy atom. The van der Waals surface area contributed by atoms with Gasteiger partial charge >= 0.3 is 5.97 Å². The Bertz CT molecular complexity index is 1090. The molecule has 11 nitrogen and oxygen atoms in total. The number of ether oxygens (including phenoxy) is 5. The van der Waals surface area contributed by atoms with Gasteiger partial charge in [0.25, 0.3) is 0 Å². The topological polar surface area (TPSA) is 110 Å². The van der Waals surface area contributed by atoms with Crippen LogP contribution in [0.15, 0.2) is 12.1 Å². The van der Waals surface area contributed by atoms with Gasteiger partial charge in [0.05, 0.1) is 32.8 Å². The summed E-state index contributed by atoms with van der Waals surface area (Å²) in [5, 5.41) is 10.7. The summed E-state index contributed by atoms with van der Waals surface area (Å²) >= 11 is 0. The van der Waals surface area contributed by atoms with E-state index in [1.54, 1.807) is 7.11 Å². The predicted molar refractivity (Wildman–Crippen MR) is 162 cm³/mol. The zero-order chi connectivity index (χ0) is 31.1. The molecule has 1 N–H and O–H groups in total. The van der Waals surface area contributed by atoms with Crippen molar-refractivity contribution >= 4 is 11.9 Å². The Labute approximate surface area is 256 Å². The second-order valence-corrected chi connectivity index (χ2v) is 12.9. The van der Waals surface area contributed by atoms with Gasteiger partial charge in [0.1, 0.15) is 0 Å². The third-order valence-corrected chi connectivity index (χ3v) is 8.89. The van der Waals surface area contributed by atoms with E-state index in [1.165, 1.54) is 0 Å². The molecule has 0 aromatic heterocycles. The molecule has 2 saturated heterocycles. The van der Waals surface area contributed by atoms with Crippen LogP contribution in [0.4, 0.5) is 0 Å². The van der Waals surface area contributed by atoms with Crippen LogP contribution in [-0.2, 0) is 19.1 Å². The molecule has 0 radical (unpaired) electrons. The number of hydrogen-bond acceptors (Lipinski definition) is 9. The molecule has 3 atom stereocenters. The number of aliphatic carboxylic acids is 1. The fourth-order valence-corrected chi connectivity index (χ4v) is 6.61. The molecule has 0 bridgehead atoms. The van der Waals surface area contributed by atoms with Crippen molar-refractivity contribution in [1.82, 2.24) is 14.7 Å². The van der Waals surface area contributed by atoms with Crippen molar-refractivity contribution in [2.75, 3.05) is 73.9 Å². The SMILES string of the molecule is CCCCN(CCCCN(C)C)C(=O)CN1C[C@H](c2cc(OC)c3c(c2)OCO3)[C@H](C(=O)O)[C@H]1CC(C)(C)C1OCCO1. The Kier molecular flexibility index (Phi) is 11.6. The van der Waals surface area contributed by atoms with Gasteiger partial charge < -0.3 is 38.6 Å². The van der Waals surface area contributed by atoms with Crippen molar-refractivity contribution in [3.8, 4) is 17.2 Å². The molecular weight excluding hydrogens is 554 g/mol. The van der Waals surface area contributed by atoms with E-state index in [0.29, 0.717) is 56.5 Å². The number of methoxy groups -OCH3 is 1. The van der Waals surface area contributed by atoms with E-state index in [4.69, 9.17) is 23.7 Å². The van der Waals surface area contributed by atoms with Crippen LogP contribution < -0.4 is 14.2 Å². The quantitative estimate of drug-likeness (QED) is 0.281. The fourth-order valence-electron chi connectivity index (χ4n) is 6.61. The Hall–Kier alpha value is -2.60. The normalized spacial score (nSPS) is 22.4. The van der Waals surface area contributed by atoms with Crippen LogP contribution in [0.3, 0.4) is 0 Å². The van der Waals surface area contributed by atoms with Gasteiger partial charge in [-0.25, -0.2) is 0 Å². The third-order valence-electron chi connectivity index (χ3n) is 8.89. The number of carbonyl (C=O) groups excluding carboxylic acids is 1. The summed E-state index contributed by atoms with van der Waals surface area (Å²) in [7, 11) is 5.68. The monoisotopic (exact) mass is 605 g/mol. The molecule has 3 aliphatic rings. The number of hydrogen-bond donors (Lipinski definition) is 1. The average molecular weight is 606 g/mol. The Morgan fingerprint density at radius 2 is 1.77 bits per heavy atom. The molecule has 11 heteroatoms. The van der Waals surface area contributed by atoms with Gasteiger partial charge in [0.15, 0.2) is 17.8 Å². The first-order chi connectivity index (χ1) is 20.6. The molecule has 1 aromatic rings. The van der Waals surface area contributed by atoms with Crippen molar-refractivity contribution < 1.29 is 38.4 Å². The molecule has 2 fully saturated rings. The van der Waals surface area contributed by atoms with Crippen molar-refractivity contribution in [1.29, 1.82) is 0 Å². The van der Waals surface area contributed by atoms with Gasteiger partial charge in [-0.15, -0.1) is 0 Å².